The molecule has 0 bridgehead atoms. The summed E-state index contributed by atoms with van der Waals surface area (Å²) in [4.78, 5) is 36.0. The summed E-state index contributed by atoms with van der Waals surface area (Å²) >= 11 is 1.93. The third kappa shape index (κ3) is 4.42. The van der Waals surface area contributed by atoms with Crippen molar-refractivity contribution < 1.29 is 4.79 Å². The van der Waals surface area contributed by atoms with Crippen molar-refractivity contribution in [2.45, 2.75) is 52.1 Å². The van der Waals surface area contributed by atoms with Gasteiger partial charge in [-0.15, -0.1) is 0 Å². The third-order valence-corrected chi connectivity index (χ3v) is 7.45. The van der Waals surface area contributed by atoms with Gasteiger partial charge in [0.05, 0.1) is 11.4 Å². The van der Waals surface area contributed by atoms with Gasteiger partial charge < -0.3 is 14.4 Å². The lowest BCUT2D eigenvalue weighted by Crippen LogP contribution is -2.50. The highest BCUT2D eigenvalue weighted by molar-refractivity contribution is 7.99. The van der Waals surface area contributed by atoms with Crippen molar-refractivity contribution in [3.05, 3.63) is 39.8 Å². The van der Waals surface area contributed by atoms with Crippen LogP contribution in [-0.2, 0) is 6.54 Å². The van der Waals surface area contributed by atoms with Crippen LogP contribution in [0.4, 0.5) is 0 Å². The van der Waals surface area contributed by atoms with Crippen LogP contribution in [0.15, 0.2) is 23.1 Å². The van der Waals surface area contributed by atoms with E-state index >= 15 is 0 Å². The smallest absolute Gasteiger partial charge is 0.259 e. The van der Waals surface area contributed by atoms with Crippen molar-refractivity contribution in [2.24, 2.45) is 0 Å². The molecule has 1 atom stereocenters. The number of pyridine rings is 2. The van der Waals surface area contributed by atoms with Gasteiger partial charge in [0.2, 0.25) is 5.43 Å². The number of fused-ring (bicyclic) bond motifs is 1. The molecule has 6 nitrogen and oxygen atoms in total. The molecule has 1 amide bonds. The predicted molar refractivity (Wildman–Crippen MR) is 123 cm³/mol. The number of rotatable bonds is 4. The van der Waals surface area contributed by atoms with Crippen molar-refractivity contribution in [3.8, 4) is 0 Å². The summed E-state index contributed by atoms with van der Waals surface area (Å²) in [5.41, 5.74) is 1.62. The van der Waals surface area contributed by atoms with Gasteiger partial charge in [0.15, 0.2) is 0 Å². The van der Waals surface area contributed by atoms with Crippen LogP contribution in [0.2, 0.25) is 0 Å². The summed E-state index contributed by atoms with van der Waals surface area (Å²) in [6.07, 6.45) is 6.50. The van der Waals surface area contributed by atoms with Crippen molar-refractivity contribution in [3.63, 3.8) is 0 Å². The number of aromatic nitrogens is 2. The summed E-state index contributed by atoms with van der Waals surface area (Å²) in [5.74, 6) is 1.90. The number of amides is 1. The number of nitrogens with zero attached hydrogens (tertiary/aromatic N) is 4. The van der Waals surface area contributed by atoms with Crippen molar-refractivity contribution in [1.82, 2.24) is 19.4 Å². The Hall–Kier alpha value is -1.86. The minimum atomic E-state index is -0.194. The maximum absolute atomic E-state index is 13.7. The summed E-state index contributed by atoms with van der Waals surface area (Å²) in [6.45, 7) is 8.47. The average molecular weight is 429 g/mol. The first kappa shape index (κ1) is 21.4. The second-order valence-corrected chi connectivity index (χ2v) is 9.57. The first-order valence-corrected chi connectivity index (χ1v) is 12.4. The third-order valence-electron chi connectivity index (χ3n) is 6.25. The summed E-state index contributed by atoms with van der Waals surface area (Å²) < 4.78 is 1.93. The van der Waals surface area contributed by atoms with Crippen molar-refractivity contribution >= 4 is 28.7 Å². The number of carbonyl (C=O) groups excluding carboxylic acids is 1. The minimum absolute atomic E-state index is 0.116. The van der Waals surface area contributed by atoms with E-state index in [9.17, 15) is 9.59 Å². The molecule has 0 N–H and O–H groups in total. The molecule has 1 unspecified atom stereocenters. The first-order valence-electron chi connectivity index (χ1n) is 11.2. The molecule has 2 aromatic heterocycles. The summed E-state index contributed by atoms with van der Waals surface area (Å²) in [5, 5.41) is 0.532. The Bertz CT molecular complexity index is 968. The topological polar surface area (TPSA) is 58.4 Å². The van der Waals surface area contributed by atoms with E-state index in [2.05, 4.69) is 9.88 Å². The van der Waals surface area contributed by atoms with Crippen LogP contribution in [0.25, 0.3) is 11.0 Å². The molecule has 4 heterocycles. The molecule has 0 saturated carbocycles. The minimum Gasteiger partial charge on any atom is -0.333 e. The van der Waals surface area contributed by atoms with Crippen LogP contribution in [0.5, 0.6) is 0 Å². The van der Waals surface area contributed by atoms with Gasteiger partial charge in [-0.1, -0.05) is 6.42 Å². The van der Waals surface area contributed by atoms with E-state index in [4.69, 9.17) is 0 Å². The van der Waals surface area contributed by atoms with E-state index in [1.54, 1.807) is 6.20 Å². The molecule has 4 rings (SSSR count). The number of hydrogen-bond acceptors (Lipinski definition) is 5. The van der Waals surface area contributed by atoms with E-state index in [0.29, 0.717) is 17.6 Å². The Morgan fingerprint density at radius 3 is 2.73 bits per heavy atom. The van der Waals surface area contributed by atoms with Gasteiger partial charge in [0.25, 0.3) is 5.91 Å². The maximum Gasteiger partial charge on any atom is 0.259 e. The molecule has 7 heteroatoms. The van der Waals surface area contributed by atoms with E-state index in [0.717, 1.165) is 49.8 Å². The normalized spacial score (nSPS) is 21.0. The Balaban J connectivity index is 1.68. The molecule has 162 valence electrons. The number of carbonyl (C=O) groups is 1. The second kappa shape index (κ2) is 9.52. The van der Waals surface area contributed by atoms with E-state index in [-0.39, 0.29) is 22.9 Å². The zero-order valence-electron chi connectivity index (χ0n) is 18.1. The fraction of sp³-hybridized carbons (Fsp3) is 0.609. The van der Waals surface area contributed by atoms with Gasteiger partial charge in [-0.25, -0.2) is 4.98 Å². The number of thioether (sulfide) groups is 1. The molecule has 2 aliphatic heterocycles. The molecule has 2 fully saturated rings. The average Bonchev–Trinajstić information content (AvgIpc) is 3.00. The van der Waals surface area contributed by atoms with E-state index in [1.807, 2.05) is 47.2 Å². The number of aryl methyl sites for hydroxylation is 2. The fourth-order valence-corrected chi connectivity index (χ4v) is 5.65. The van der Waals surface area contributed by atoms with Crippen LogP contribution < -0.4 is 5.43 Å². The van der Waals surface area contributed by atoms with Crippen LogP contribution in [0, 0.1) is 6.92 Å². The zero-order chi connectivity index (χ0) is 21.1. The quantitative estimate of drug-likeness (QED) is 0.749. The van der Waals surface area contributed by atoms with Crippen LogP contribution in [-0.4, -0.2) is 69.0 Å². The molecule has 2 aliphatic rings. The fourth-order valence-electron chi connectivity index (χ4n) is 4.60. The molecule has 30 heavy (non-hydrogen) atoms. The summed E-state index contributed by atoms with van der Waals surface area (Å²) in [6, 6.07) is 3.82. The highest BCUT2D eigenvalue weighted by atomic mass is 32.2. The van der Waals surface area contributed by atoms with Gasteiger partial charge in [-0.2, -0.15) is 11.8 Å². The molecule has 2 saturated heterocycles. The second-order valence-electron chi connectivity index (χ2n) is 8.42. The van der Waals surface area contributed by atoms with Gasteiger partial charge in [0, 0.05) is 37.3 Å². The van der Waals surface area contributed by atoms with Crippen molar-refractivity contribution in [2.75, 3.05) is 37.7 Å². The van der Waals surface area contributed by atoms with Crippen LogP contribution in [0.3, 0.4) is 0 Å². The van der Waals surface area contributed by atoms with Crippen molar-refractivity contribution in [1.29, 1.82) is 0 Å². The Morgan fingerprint density at radius 2 is 1.97 bits per heavy atom. The van der Waals surface area contributed by atoms with Crippen LogP contribution in [0.1, 0.15) is 48.7 Å². The molecular weight excluding hydrogens is 396 g/mol. The van der Waals surface area contributed by atoms with E-state index < -0.39 is 0 Å². The standard InChI is InChI=1S/C23H32N4O2S/c1-3-26-15-20(21(28)19-9-8-17(2)24-22(19)26)23(29)27-12-7-13-30-16-18(27)14-25-10-5-4-6-11-25/h8-9,15,18H,3-7,10-14,16H2,1-2H3. The monoisotopic (exact) mass is 428 g/mol. The zero-order valence-corrected chi connectivity index (χ0v) is 18.9. The maximum atomic E-state index is 13.7. The highest BCUT2D eigenvalue weighted by Crippen LogP contribution is 2.21. The molecule has 0 radical (unpaired) electrons. The first-order chi connectivity index (χ1) is 14.6. The lowest BCUT2D eigenvalue weighted by atomic mass is 10.1. The Labute approximate surface area is 182 Å². The van der Waals surface area contributed by atoms with Crippen LogP contribution >= 0.6 is 11.8 Å². The molecule has 2 aromatic rings. The Morgan fingerprint density at radius 1 is 1.17 bits per heavy atom. The number of piperidine rings is 1. The molecular formula is C23H32N4O2S. The largest absolute Gasteiger partial charge is 0.333 e. The molecule has 0 spiro atoms. The van der Waals surface area contributed by atoms with E-state index in [1.165, 1.54) is 19.3 Å². The highest BCUT2D eigenvalue weighted by Gasteiger charge is 2.30. The predicted octanol–water partition coefficient (Wildman–Crippen LogP) is 3.16. The number of hydrogen-bond donors (Lipinski definition) is 0. The lowest BCUT2D eigenvalue weighted by Gasteiger charge is -2.35. The van der Waals surface area contributed by atoms with Gasteiger partial charge in [-0.05, 0) is 64.1 Å². The van der Waals surface area contributed by atoms with Gasteiger partial charge in [0.1, 0.15) is 11.2 Å². The molecule has 0 aromatic carbocycles. The lowest BCUT2D eigenvalue weighted by molar-refractivity contribution is 0.0643. The SMILES string of the molecule is CCn1cc(C(=O)N2CCCSCC2CN2CCCCC2)c(=O)c2ccc(C)nc21. The van der Waals surface area contributed by atoms with Gasteiger partial charge >= 0.3 is 0 Å². The van der Waals surface area contributed by atoms with Gasteiger partial charge in [-0.3, -0.25) is 9.59 Å². The Kier molecular flexibility index (Phi) is 6.78. The number of likely N-dealkylation sites (tertiary alicyclic amines) is 1. The summed E-state index contributed by atoms with van der Waals surface area (Å²) in [7, 11) is 0. The molecule has 0 aliphatic carbocycles.